The Balaban J connectivity index is 1.84. The number of ether oxygens (including phenoxy) is 3. The Labute approximate surface area is 153 Å². The van der Waals surface area contributed by atoms with Gasteiger partial charge >= 0.3 is 0 Å². The fraction of sp³-hybridized carbons (Fsp3) is 0.632. The van der Waals surface area contributed by atoms with Crippen molar-refractivity contribution in [1.82, 2.24) is 9.78 Å². The van der Waals surface area contributed by atoms with Crippen molar-refractivity contribution in [2.45, 2.75) is 57.1 Å². The van der Waals surface area contributed by atoms with Crippen LogP contribution in [0.2, 0.25) is 0 Å². The molecule has 144 valence electrons. The van der Waals surface area contributed by atoms with Crippen LogP contribution in [0.5, 0.6) is 5.88 Å². The van der Waals surface area contributed by atoms with E-state index in [1.54, 1.807) is 6.08 Å². The molecule has 7 nitrogen and oxygen atoms in total. The molecule has 3 rings (SSSR count). The number of aromatic nitrogens is 2. The van der Waals surface area contributed by atoms with Crippen molar-refractivity contribution in [3.8, 4) is 5.88 Å². The first-order chi connectivity index (χ1) is 12.5. The normalized spacial score (nSPS) is 28.9. The minimum absolute atomic E-state index is 0.149. The highest BCUT2D eigenvalue weighted by Gasteiger charge is 2.32. The van der Waals surface area contributed by atoms with Crippen LogP contribution in [0.15, 0.2) is 24.8 Å². The van der Waals surface area contributed by atoms with Gasteiger partial charge < -0.3 is 24.4 Å². The van der Waals surface area contributed by atoms with E-state index in [1.165, 1.54) is 0 Å². The molecule has 2 fully saturated rings. The zero-order valence-corrected chi connectivity index (χ0v) is 15.3. The number of rotatable bonds is 7. The van der Waals surface area contributed by atoms with E-state index in [2.05, 4.69) is 18.3 Å². The lowest BCUT2D eigenvalue weighted by Crippen LogP contribution is -2.40. The first kappa shape index (κ1) is 19.1. The molecule has 0 saturated carbocycles. The molecular formula is C19H28N2O5. The second kappa shape index (κ2) is 8.35. The van der Waals surface area contributed by atoms with Gasteiger partial charge in [0.1, 0.15) is 0 Å². The number of nitrogens with zero attached hydrogens (tertiary/aromatic N) is 2. The Hall–Kier alpha value is -1.67. The van der Waals surface area contributed by atoms with Gasteiger partial charge in [-0.2, -0.15) is 0 Å². The molecule has 26 heavy (non-hydrogen) atoms. The summed E-state index contributed by atoms with van der Waals surface area (Å²) in [5.41, 5.74) is 2.82. The number of hydrogen-bond acceptors (Lipinski definition) is 6. The van der Waals surface area contributed by atoms with Crippen molar-refractivity contribution in [3.05, 3.63) is 36.1 Å². The summed E-state index contributed by atoms with van der Waals surface area (Å²) in [7, 11) is 0. The molecule has 0 amide bonds. The molecule has 1 aromatic rings. The molecule has 7 heteroatoms. The van der Waals surface area contributed by atoms with E-state index >= 15 is 0 Å². The number of aliphatic hydroxyl groups excluding tert-OH is 2. The van der Waals surface area contributed by atoms with E-state index in [0.717, 1.165) is 29.9 Å². The molecule has 2 aliphatic heterocycles. The summed E-state index contributed by atoms with van der Waals surface area (Å²) >= 11 is 0. The second-order valence-corrected chi connectivity index (χ2v) is 6.98. The van der Waals surface area contributed by atoms with Crippen LogP contribution in [0.3, 0.4) is 0 Å². The van der Waals surface area contributed by atoms with Crippen LogP contribution >= 0.6 is 0 Å². The van der Waals surface area contributed by atoms with E-state index in [-0.39, 0.29) is 12.6 Å². The monoisotopic (exact) mass is 364 g/mol. The molecule has 3 heterocycles. The van der Waals surface area contributed by atoms with Gasteiger partial charge in [0.2, 0.25) is 12.2 Å². The van der Waals surface area contributed by atoms with E-state index in [0.29, 0.717) is 31.7 Å². The predicted octanol–water partition coefficient (Wildman–Crippen LogP) is 1.67. The average Bonchev–Trinajstić information content (AvgIpc) is 3.24. The van der Waals surface area contributed by atoms with Crippen molar-refractivity contribution in [3.63, 3.8) is 0 Å². The van der Waals surface area contributed by atoms with Gasteiger partial charge in [-0.05, 0) is 13.3 Å². The Bertz CT molecular complexity index is 651. The average molecular weight is 364 g/mol. The van der Waals surface area contributed by atoms with Gasteiger partial charge in [0, 0.05) is 37.1 Å². The van der Waals surface area contributed by atoms with Crippen LogP contribution in [0.1, 0.15) is 36.6 Å². The van der Waals surface area contributed by atoms with Gasteiger partial charge in [0.15, 0.2) is 0 Å². The maximum Gasteiger partial charge on any atom is 0.238 e. The van der Waals surface area contributed by atoms with Gasteiger partial charge in [-0.1, -0.05) is 24.8 Å². The maximum atomic E-state index is 10.0. The fourth-order valence-electron chi connectivity index (χ4n) is 3.46. The first-order valence-electron chi connectivity index (χ1n) is 9.08. The smallest absolute Gasteiger partial charge is 0.238 e. The number of hydrogen-bond donors (Lipinski definition) is 2. The van der Waals surface area contributed by atoms with Gasteiger partial charge in [0.05, 0.1) is 31.5 Å². The third-order valence-electron chi connectivity index (χ3n) is 4.97. The van der Waals surface area contributed by atoms with Crippen LogP contribution in [-0.4, -0.2) is 58.3 Å². The van der Waals surface area contributed by atoms with Crippen molar-refractivity contribution in [1.29, 1.82) is 0 Å². The molecule has 4 unspecified atom stereocenters. The zero-order valence-electron chi connectivity index (χ0n) is 15.3. The molecule has 0 aliphatic carbocycles. The van der Waals surface area contributed by atoms with Crippen LogP contribution in [0.4, 0.5) is 0 Å². The fourth-order valence-corrected chi connectivity index (χ4v) is 3.46. The third-order valence-corrected chi connectivity index (χ3v) is 4.97. The van der Waals surface area contributed by atoms with E-state index < -0.39 is 18.5 Å². The van der Waals surface area contributed by atoms with Gasteiger partial charge in [-0.3, -0.25) is 4.68 Å². The lowest BCUT2D eigenvalue weighted by Gasteiger charge is -2.31. The summed E-state index contributed by atoms with van der Waals surface area (Å²) in [6, 6.07) is 0.186. The Morgan fingerprint density at radius 1 is 1.46 bits per heavy atom. The molecule has 2 N–H and O–H groups in total. The van der Waals surface area contributed by atoms with E-state index in [1.807, 2.05) is 11.6 Å². The lowest BCUT2D eigenvalue weighted by atomic mass is 10.1. The van der Waals surface area contributed by atoms with Crippen molar-refractivity contribution in [2.24, 2.45) is 0 Å². The van der Waals surface area contributed by atoms with Crippen molar-refractivity contribution < 1.29 is 24.4 Å². The molecule has 2 aliphatic rings. The number of aliphatic hydroxyl groups is 2. The van der Waals surface area contributed by atoms with Gasteiger partial charge in [0.25, 0.3) is 0 Å². The largest absolute Gasteiger partial charge is 0.446 e. The second-order valence-electron chi connectivity index (χ2n) is 6.98. The summed E-state index contributed by atoms with van der Waals surface area (Å²) in [4.78, 5) is 0. The van der Waals surface area contributed by atoms with Crippen LogP contribution in [0.25, 0.3) is 0 Å². The summed E-state index contributed by atoms with van der Waals surface area (Å²) in [6.07, 6.45) is 2.33. The van der Waals surface area contributed by atoms with Crippen LogP contribution < -0.4 is 4.74 Å². The highest BCUT2D eigenvalue weighted by Crippen LogP contribution is 2.31. The Morgan fingerprint density at radius 3 is 2.92 bits per heavy atom. The SMILES string of the molecule is C=CC(=C)Cc1c(OC2CC(O)CC(CO)O2)nn(C2CCOC2)c1C. The Kier molecular flexibility index (Phi) is 6.13. The predicted molar refractivity (Wildman–Crippen MR) is 96.1 cm³/mol. The topological polar surface area (TPSA) is 86.0 Å². The maximum absolute atomic E-state index is 10.0. The summed E-state index contributed by atoms with van der Waals surface area (Å²) in [5, 5.41) is 24.0. The zero-order chi connectivity index (χ0) is 18.7. The minimum Gasteiger partial charge on any atom is -0.446 e. The molecule has 0 radical (unpaired) electrons. The van der Waals surface area contributed by atoms with Crippen molar-refractivity contribution >= 4 is 0 Å². The van der Waals surface area contributed by atoms with Crippen molar-refractivity contribution in [2.75, 3.05) is 19.8 Å². The van der Waals surface area contributed by atoms with Gasteiger partial charge in [-0.25, -0.2) is 0 Å². The Morgan fingerprint density at radius 2 is 2.27 bits per heavy atom. The number of allylic oxidation sites excluding steroid dienone is 2. The van der Waals surface area contributed by atoms with Crippen LogP contribution in [0, 0.1) is 6.92 Å². The molecule has 0 spiro atoms. The molecule has 2 saturated heterocycles. The molecular weight excluding hydrogens is 336 g/mol. The molecule has 0 aromatic carbocycles. The quantitative estimate of drug-likeness (QED) is 0.716. The minimum atomic E-state index is -0.644. The molecule has 0 bridgehead atoms. The standard InChI is InChI=1S/C19H28N2O5/c1-4-12(2)7-17-13(3)21(14-5-6-24-11-14)20-19(17)26-18-9-15(23)8-16(10-22)25-18/h4,14-16,18,22-23H,1-2,5-11H2,3H3. The summed E-state index contributed by atoms with van der Waals surface area (Å²) in [5.74, 6) is 0.480. The first-order valence-corrected chi connectivity index (χ1v) is 9.08. The highest BCUT2D eigenvalue weighted by atomic mass is 16.7. The molecule has 1 aromatic heterocycles. The van der Waals surface area contributed by atoms with Gasteiger partial charge in [-0.15, -0.1) is 5.10 Å². The highest BCUT2D eigenvalue weighted by molar-refractivity contribution is 5.37. The van der Waals surface area contributed by atoms with Crippen LogP contribution in [-0.2, 0) is 15.9 Å². The lowest BCUT2D eigenvalue weighted by molar-refractivity contribution is -0.186. The van der Waals surface area contributed by atoms with E-state index in [4.69, 9.17) is 14.2 Å². The molecule has 4 atom stereocenters. The summed E-state index contributed by atoms with van der Waals surface area (Å²) < 4.78 is 19.2. The summed E-state index contributed by atoms with van der Waals surface area (Å²) in [6.45, 7) is 11.0. The van der Waals surface area contributed by atoms with E-state index in [9.17, 15) is 10.2 Å². The third kappa shape index (κ3) is 4.17.